The molecule has 0 bridgehead atoms. The van der Waals surface area contributed by atoms with E-state index in [9.17, 15) is 9.59 Å². The van der Waals surface area contributed by atoms with E-state index in [0.29, 0.717) is 23.1 Å². The van der Waals surface area contributed by atoms with Gasteiger partial charge in [0.05, 0.1) is 6.54 Å². The van der Waals surface area contributed by atoms with E-state index in [1.54, 1.807) is 37.2 Å². The third-order valence-corrected chi connectivity index (χ3v) is 7.39. The standard InChI is InChI=1S/C28H27Cl2N3O3S/c1-19-9-11-20(12-10-19)13-14-25(34)31-17-26(35)32(3)33-27-23(36-18-21-7-5-4-6-8-21)15-22(29)16-24(27)37-28(33,2)30/h4-16H,17-18H2,1-3H3,(H,31,34). The molecule has 1 heterocycles. The molecule has 3 aromatic carbocycles. The summed E-state index contributed by atoms with van der Waals surface area (Å²) < 4.78 is 5.12. The number of aryl methyl sites for hydroxylation is 1. The highest BCUT2D eigenvalue weighted by Crippen LogP contribution is 2.57. The molecule has 0 saturated heterocycles. The predicted molar refractivity (Wildman–Crippen MR) is 151 cm³/mol. The molecule has 0 saturated carbocycles. The molecular weight excluding hydrogens is 529 g/mol. The molecule has 1 atom stereocenters. The number of hydrogen-bond donors (Lipinski definition) is 1. The van der Waals surface area contributed by atoms with Crippen molar-refractivity contribution in [3.63, 3.8) is 0 Å². The molecule has 2 amide bonds. The molecule has 0 spiro atoms. The van der Waals surface area contributed by atoms with Gasteiger partial charge in [0.15, 0.2) is 4.33 Å². The number of nitrogens with one attached hydrogen (secondary N) is 1. The number of thioether (sulfide) groups is 1. The van der Waals surface area contributed by atoms with Crippen LogP contribution in [0.4, 0.5) is 5.69 Å². The van der Waals surface area contributed by atoms with Crippen LogP contribution in [0.5, 0.6) is 5.75 Å². The van der Waals surface area contributed by atoms with Crippen molar-refractivity contribution < 1.29 is 14.3 Å². The number of hydrazine groups is 1. The number of nitrogens with zero attached hydrogens (tertiary/aromatic N) is 2. The van der Waals surface area contributed by atoms with E-state index in [1.807, 2.05) is 61.5 Å². The third kappa shape index (κ3) is 6.60. The second kappa shape index (κ2) is 11.5. The Kier molecular flexibility index (Phi) is 8.37. The molecule has 1 aliphatic heterocycles. The third-order valence-electron chi connectivity index (χ3n) is 5.71. The molecule has 0 aliphatic carbocycles. The maximum absolute atomic E-state index is 13.1. The van der Waals surface area contributed by atoms with E-state index >= 15 is 0 Å². The molecule has 1 N–H and O–H groups in total. The number of carbonyl (C=O) groups is 2. The smallest absolute Gasteiger partial charge is 0.260 e. The first-order valence-corrected chi connectivity index (χ1v) is 13.2. The summed E-state index contributed by atoms with van der Waals surface area (Å²) in [5.74, 6) is -0.208. The fraction of sp³-hybridized carbons (Fsp3) is 0.214. The van der Waals surface area contributed by atoms with Crippen LogP contribution in [0.2, 0.25) is 5.02 Å². The molecule has 192 valence electrons. The summed E-state index contributed by atoms with van der Waals surface area (Å²) in [4.78, 5) is 26.2. The lowest BCUT2D eigenvalue weighted by molar-refractivity contribution is -0.131. The Morgan fingerprint density at radius 3 is 2.54 bits per heavy atom. The summed E-state index contributed by atoms with van der Waals surface area (Å²) >= 11 is 14.6. The maximum Gasteiger partial charge on any atom is 0.260 e. The Bertz CT molecular complexity index is 1310. The zero-order valence-electron chi connectivity index (χ0n) is 20.7. The second-order valence-corrected chi connectivity index (χ2v) is 11.5. The average molecular weight is 557 g/mol. The fourth-order valence-electron chi connectivity index (χ4n) is 3.84. The minimum atomic E-state index is -1.02. The van der Waals surface area contributed by atoms with Crippen LogP contribution in [-0.4, -0.2) is 34.7 Å². The minimum Gasteiger partial charge on any atom is -0.487 e. The highest BCUT2D eigenvalue weighted by molar-refractivity contribution is 8.02. The molecular formula is C28H27Cl2N3O3S. The van der Waals surface area contributed by atoms with Crippen LogP contribution < -0.4 is 15.1 Å². The zero-order valence-corrected chi connectivity index (χ0v) is 23.0. The van der Waals surface area contributed by atoms with Crippen LogP contribution in [0.15, 0.2) is 77.7 Å². The van der Waals surface area contributed by atoms with Gasteiger partial charge in [0.25, 0.3) is 5.91 Å². The Morgan fingerprint density at radius 2 is 1.84 bits per heavy atom. The van der Waals surface area contributed by atoms with Gasteiger partial charge in [0.2, 0.25) is 5.91 Å². The number of likely N-dealkylation sites (N-methyl/N-ethyl adjacent to an activating group) is 1. The van der Waals surface area contributed by atoms with Gasteiger partial charge in [-0.05, 0) is 37.1 Å². The van der Waals surface area contributed by atoms with E-state index in [-0.39, 0.29) is 18.4 Å². The van der Waals surface area contributed by atoms with E-state index in [1.165, 1.54) is 22.8 Å². The average Bonchev–Trinajstić information content (AvgIpc) is 3.15. The Morgan fingerprint density at radius 1 is 1.14 bits per heavy atom. The highest BCUT2D eigenvalue weighted by atomic mass is 35.5. The van der Waals surface area contributed by atoms with Gasteiger partial charge in [-0.2, -0.15) is 0 Å². The highest BCUT2D eigenvalue weighted by Gasteiger charge is 2.45. The first kappa shape index (κ1) is 26.9. The Hall–Kier alpha value is -3.13. The summed E-state index contributed by atoms with van der Waals surface area (Å²) in [6.07, 6.45) is 3.11. The minimum absolute atomic E-state index is 0.204. The number of hydrogen-bond acceptors (Lipinski definition) is 5. The number of ether oxygens (including phenoxy) is 1. The van der Waals surface area contributed by atoms with Crippen LogP contribution in [-0.2, 0) is 16.2 Å². The maximum atomic E-state index is 13.1. The van der Waals surface area contributed by atoms with Crippen LogP contribution in [0.3, 0.4) is 0 Å². The quantitative estimate of drug-likeness (QED) is 0.202. The monoisotopic (exact) mass is 555 g/mol. The first-order chi connectivity index (χ1) is 17.6. The van der Waals surface area contributed by atoms with Crippen LogP contribution in [0.1, 0.15) is 23.6 Å². The van der Waals surface area contributed by atoms with Crippen molar-refractivity contribution in [2.75, 3.05) is 18.6 Å². The van der Waals surface area contributed by atoms with Gasteiger partial charge in [-0.25, -0.2) is 5.01 Å². The van der Waals surface area contributed by atoms with Crippen molar-refractivity contribution >= 4 is 58.5 Å². The molecule has 9 heteroatoms. The second-order valence-electron chi connectivity index (χ2n) is 8.69. The van der Waals surface area contributed by atoms with Crippen molar-refractivity contribution in [1.82, 2.24) is 10.3 Å². The van der Waals surface area contributed by atoms with E-state index in [2.05, 4.69) is 5.32 Å². The molecule has 1 aliphatic rings. The SMILES string of the molecule is Cc1ccc(C=CC(=O)NCC(=O)N(C)N2c3c(OCc4ccccc4)cc(Cl)cc3SC2(C)Cl)cc1. The molecule has 4 rings (SSSR count). The van der Waals surface area contributed by atoms with Gasteiger partial charge >= 0.3 is 0 Å². The van der Waals surface area contributed by atoms with Gasteiger partial charge < -0.3 is 10.1 Å². The Labute approximate surface area is 231 Å². The number of anilines is 1. The Balaban J connectivity index is 1.47. The normalized spacial score (nSPS) is 16.5. The van der Waals surface area contributed by atoms with Gasteiger partial charge in [-0.15, -0.1) is 0 Å². The van der Waals surface area contributed by atoms with Gasteiger partial charge in [0, 0.05) is 29.1 Å². The molecule has 3 aromatic rings. The van der Waals surface area contributed by atoms with Crippen molar-refractivity contribution in [1.29, 1.82) is 0 Å². The summed E-state index contributed by atoms with van der Waals surface area (Å²) in [5.41, 5.74) is 3.67. The molecule has 1 unspecified atom stereocenters. The molecule has 37 heavy (non-hydrogen) atoms. The molecule has 0 aromatic heterocycles. The predicted octanol–water partition coefficient (Wildman–Crippen LogP) is 6.26. The summed E-state index contributed by atoms with van der Waals surface area (Å²) in [6, 6.07) is 21.0. The van der Waals surface area contributed by atoms with Gasteiger partial charge in [-0.3, -0.25) is 14.6 Å². The molecule has 0 radical (unpaired) electrons. The largest absolute Gasteiger partial charge is 0.487 e. The summed E-state index contributed by atoms with van der Waals surface area (Å²) in [6.45, 7) is 3.91. The van der Waals surface area contributed by atoms with Crippen molar-refractivity contribution in [2.45, 2.75) is 29.7 Å². The van der Waals surface area contributed by atoms with E-state index < -0.39 is 4.33 Å². The number of fused-ring (bicyclic) bond motifs is 1. The summed E-state index contributed by atoms with van der Waals surface area (Å²) in [7, 11) is 1.61. The van der Waals surface area contributed by atoms with Gasteiger partial charge in [-0.1, -0.05) is 95.1 Å². The molecule has 0 fully saturated rings. The van der Waals surface area contributed by atoms with Gasteiger partial charge in [0.1, 0.15) is 18.0 Å². The van der Waals surface area contributed by atoms with Crippen molar-refractivity contribution in [3.05, 3.63) is 94.5 Å². The number of rotatable bonds is 8. The topological polar surface area (TPSA) is 61.9 Å². The number of amides is 2. The van der Waals surface area contributed by atoms with Crippen molar-refractivity contribution in [3.8, 4) is 5.75 Å². The summed E-state index contributed by atoms with van der Waals surface area (Å²) in [5, 5.41) is 6.22. The number of carbonyl (C=O) groups excluding carboxylic acids is 2. The lowest BCUT2D eigenvalue weighted by atomic mass is 10.1. The zero-order chi connectivity index (χ0) is 26.6. The number of alkyl halides is 1. The van der Waals surface area contributed by atoms with E-state index in [0.717, 1.165) is 21.6 Å². The molecule has 6 nitrogen and oxygen atoms in total. The van der Waals surface area contributed by atoms with Crippen LogP contribution >= 0.6 is 35.0 Å². The van der Waals surface area contributed by atoms with Crippen molar-refractivity contribution in [2.24, 2.45) is 0 Å². The van der Waals surface area contributed by atoms with E-state index in [4.69, 9.17) is 27.9 Å². The van der Waals surface area contributed by atoms with Crippen LogP contribution in [0.25, 0.3) is 6.08 Å². The number of benzene rings is 3. The fourth-order valence-corrected chi connectivity index (χ4v) is 5.73. The number of halogens is 2. The lowest BCUT2D eigenvalue weighted by Crippen LogP contribution is -2.53. The first-order valence-electron chi connectivity index (χ1n) is 11.6. The van der Waals surface area contributed by atoms with Crippen LogP contribution in [0, 0.1) is 6.92 Å². The lowest BCUT2D eigenvalue weighted by Gasteiger charge is -2.38.